The Bertz CT molecular complexity index is 775. The molecule has 0 unspecified atom stereocenters. The standard InChI is InChI=1S/C19H21N3O/c1-13(2)16-6-4-5-7-17(16)20-12-18-21-19(22-23-18)15-10-8-14(3)9-11-15/h4-11,13,20H,12H2,1-3H3. The van der Waals surface area contributed by atoms with Crippen molar-refractivity contribution in [1.29, 1.82) is 0 Å². The third kappa shape index (κ3) is 3.59. The van der Waals surface area contributed by atoms with Crippen LogP contribution in [0.5, 0.6) is 0 Å². The fourth-order valence-corrected chi connectivity index (χ4v) is 2.48. The molecule has 3 aromatic rings. The van der Waals surface area contributed by atoms with E-state index in [1.165, 1.54) is 11.1 Å². The zero-order valence-corrected chi connectivity index (χ0v) is 13.7. The maximum Gasteiger partial charge on any atom is 0.246 e. The van der Waals surface area contributed by atoms with Crippen molar-refractivity contribution in [2.45, 2.75) is 33.2 Å². The Kier molecular flexibility index (Phi) is 4.42. The number of hydrogen-bond donors (Lipinski definition) is 1. The monoisotopic (exact) mass is 307 g/mol. The van der Waals surface area contributed by atoms with Gasteiger partial charge in [-0.15, -0.1) is 0 Å². The topological polar surface area (TPSA) is 51.0 Å². The van der Waals surface area contributed by atoms with Crippen molar-refractivity contribution in [2.75, 3.05) is 5.32 Å². The quantitative estimate of drug-likeness (QED) is 0.737. The van der Waals surface area contributed by atoms with Crippen LogP contribution in [0, 0.1) is 6.92 Å². The molecule has 0 saturated heterocycles. The van der Waals surface area contributed by atoms with Crippen LogP contribution in [0.1, 0.15) is 36.8 Å². The Morgan fingerprint density at radius 3 is 2.52 bits per heavy atom. The number of aryl methyl sites for hydroxylation is 1. The van der Waals surface area contributed by atoms with Crippen LogP contribution in [-0.2, 0) is 6.54 Å². The zero-order chi connectivity index (χ0) is 16.2. The Balaban J connectivity index is 1.72. The van der Waals surface area contributed by atoms with Gasteiger partial charge in [-0.25, -0.2) is 0 Å². The summed E-state index contributed by atoms with van der Waals surface area (Å²) in [5, 5.41) is 7.45. The largest absolute Gasteiger partial charge is 0.376 e. The van der Waals surface area contributed by atoms with E-state index in [1.54, 1.807) is 0 Å². The van der Waals surface area contributed by atoms with E-state index in [4.69, 9.17) is 4.52 Å². The fraction of sp³-hybridized carbons (Fsp3) is 0.263. The van der Waals surface area contributed by atoms with Crippen LogP contribution >= 0.6 is 0 Å². The molecule has 23 heavy (non-hydrogen) atoms. The lowest BCUT2D eigenvalue weighted by molar-refractivity contribution is 0.384. The van der Waals surface area contributed by atoms with Gasteiger partial charge in [0.05, 0.1) is 6.54 Å². The smallest absolute Gasteiger partial charge is 0.246 e. The number of rotatable bonds is 5. The van der Waals surface area contributed by atoms with Crippen molar-refractivity contribution in [1.82, 2.24) is 10.1 Å². The van der Waals surface area contributed by atoms with Gasteiger partial charge in [-0.3, -0.25) is 0 Å². The molecule has 0 spiro atoms. The van der Waals surface area contributed by atoms with Gasteiger partial charge in [0.15, 0.2) is 0 Å². The summed E-state index contributed by atoms with van der Waals surface area (Å²) in [7, 11) is 0. The summed E-state index contributed by atoms with van der Waals surface area (Å²) < 4.78 is 5.35. The number of aromatic nitrogens is 2. The van der Waals surface area contributed by atoms with Crippen molar-refractivity contribution in [3.8, 4) is 11.4 Å². The lowest BCUT2D eigenvalue weighted by Crippen LogP contribution is -2.03. The van der Waals surface area contributed by atoms with Gasteiger partial charge in [0.1, 0.15) is 0 Å². The molecule has 4 nitrogen and oxygen atoms in total. The summed E-state index contributed by atoms with van der Waals surface area (Å²) in [4.78, 5) is 4.46. The minimum atomic E-state index is 0.463. The van der Waals surface area contributed by atoms with Crippen molar-refractivity contribution in [3.05, 3.63) is 65.5 Å². The number of hydrogen-bond acceptors (Lipinski definition) is 4. The first-order valence-corrected chi connectivity index (χ1v) is 7.86. The van der Waals surface area contributed by atoms with Crippen LogP contribution in [-0.4, -0.2) is 10.1 Å². The van der Waals surface area contributed by atoms with Crippen LogP contribution in [0.3, 0.4) is 0 Å². The van der Waals surface area contributed by atoms with Gasteiger partial charge in [-0.05, 0) is 24.5 Å². The molecule has 1 N–H and O–H groups in total. The Hall–Kier alpha value is -2.62. The Morgan fingerprint density at radius 2 is 1.78 bits per heavy atom. The van der Waals surface area contributed by atoms with E-state index in [9.17, 15) is 0 Å². The van der Waals surface area contributed by atoms with Gasteiger partial charge in [0.25, 0.3) is 0 Å². The van der Waals surface area contributed by atoms with E-state index in [0.29, 0.717) is 24.2 Å². The molecule has 3 rings (SSSR count). The van der Waals surface area contributed by atoms with Gasteiger partial charge in [-0.2, -0.15) is 4.98 Å². The van der Waals surface area contributed by atoms with Crippen molar-refractivity contribution in [3.63, 3.8) is 0 Å². The summed E-state index contributed by atoms with van der Waals surface area (Å²) >= 11 is 0. The fourth-order valence-electron chi connectivity index (χ4n) is 2.48. The highest BCUT2D eigenvalue weighted by Gasteiger charge is 2.10. The average molecular weight is 307 g/mol. The summed E-state index contributed by atoms with van der Waals surface area (Å²) in [6, 6.07) is 16.4. The summed E-state index contributed by atoms with van der Waals surface area (Å²) in [6.07, 6.45) is 0. The SMILES string of the molecule is Cc1ccc(-c2noc(CNc3ccccc3C(C)C)n2)cc1. The molecule has 0 aliphatic rings. The Morgan fingerprint density at radius 1 is 1.04 bits per heavy atom. The molecule has 4 heteroatoms. The summed E-state index contributed by atoms with van der Waals surface area (Å²) in [6.45, 7) is 6.94. The van der Waals surface area contributed by atoms with Gasteiger partial charge >= 0.3 is 0 Å². The predicted octanol–water partition coefficient (Wildman–Crippen LogP) is 4.78. The summed E-state index contributed by atoms with van der Waals surface area (Å²) in [5.41, 5.74) is 4.57. The number of anilines is 1. The van der Waals surface area contributed by atoms with Crippen molar-refractivity contribution < 1.29 is 4.52 Å². The molecule has 0 fully saturated rings. The number of nitrogens with one attached hydrogen (secondary N) is 1. The predicted molar refractivity (Wildman–Crippen MR) is 92.3 cm³/mol. The molecule has 1 aromatic heterocycles. The molecule has 0 bridgehead atoms. The van der Waals surface area contributed by atoms with Gasteiger partial charge in [-0.1, -0.05) is 67.0 Å². The molecular weight excluding hydrogens is 286 g/mol. The van der Waals surface area contributed by atoms with Crippen LogP contribution in [0.2, 0.25) is 0 Å². The van der Waals surface area contributed by atoms with E-state index in [1.807, 2.05) is 30.3 Å². The van der Waals surface area contributed by atoms with Crippen molar-refractivity contribution in [2.24, 2.45) is 0 Å². The third-order valence-corrected chi connectivity index (χ3v) is 3.79. The molecule has 2 aromatic carbocycles. The van der Waals surface area contributed by atoms with Crippen LogP contribution in [0.15, 0.2) is 53.1 Å². The van der Waals surface area contributed by atoms with Crippen LogP contribution < -0.4 is 5.32 Å². The highest BCUT2D eigenvalue weighted by atomic mass is 16.5. The number of benzene rings is 2. The molecule has 0 amide bonds. The van der Waals surface area contributed by atoms with E-state index < -0.39 is 0 Å². The zero-order valence-electron chi connectivity index (χ0n) is 13.7. The molecular formula is C19H21N3O. The number of para-hydroxylation sites is 1. The highest BCUT2D eigenvalue weighted by molar-refractivity contribution is 5.55. The highest BCUT2D eigenvalue weighted by Crippen LogP contribution is 2.24. The molecule has 0 atom stereocenters. The first-order valence-electron chi connectivity index (χ1n) is 7.86. The van der Waals surface area contributed by atoms with E-state index in [0.717, 1.165) is 11.3 Å². The second kappa shape index (κ2) is 6.65. The Labute approximate surface area is 136 Å². The minimum Gasteiger partial charge on any atom is -0.376 e. The summed E-state index contributed by atoms with van der Waals surface area (Å²) in [5.74, 6) is 1.67. The van der Waals surface area contributed by atoms with E-state index >= 15 is 0 Å². The second-order valence-corrected chi connectivity index (χ2v) is 5.97. The normalized spacial score (nSPS) is 11.0. The molecule has 1 heterocycles. The van der Waals surface area contributed by atoms with Crippen molar-refractivity contribution >= 4 is 5.69 Å². The lowest BCUT2D eigenvalue weighted by Gasteiger charge is -2.13. The maximum atomic E-state index is 5.35. The molecule has 0 aliphatic carbocycles. The van der Waals surface area contributed by atoms with Gasteiger partial charge < -0.3 is 9.84 Å². The third-order valence-electron chi connectivity index (χ3n) is 3.79. The van der Waals surface area contributed by atoms with Crippen LogP contribution in [0.4, 0.5) is 5.69 Å². The molecule has 0 aliphatic heterocycles. The molecule has 118 valence electrons. The first kappa shape index (κ1) is 15.3. The van der Waals surface area contributed by atoms with Gasteiger partial charge in [0, 0.05) is 11.3 Å². The minimum absolute atomic E-state index is 0.463. The number of nitrogens with zero attached hydrogens (tertiary/aromatic N) is 2. The molecule has 0 radical (unpaired) electrons. The maximum absolute atomic E-state index is 5.35. The van der Waals surface area contributed by atoms with E-state index in [-0.39, 0.29) is 0 Å². The molecule has 0 saturated carbocycles. The first-order chi connectivity index (χ1) is 11.1. The second-order valence-electron chi connectivity index (χ2n) is 5.97. The average Bonchev–Trinajstić information content (AvgIpc) is 3.03. The van der Waals surface area contributed by atoms with E-state index in [2.05, 4.69) is 54.4 Å². The van der Waals surface area contributed by atoms with Gasteiger partial charge in [0.2, 0.25) is 11.7 Å². The van der Waals surface area contributed by atoms with Crippen LogP contribution in [0.25, 0.3) is 11.4 Å². The lowest BCUT2D eigenvalue weighted by atomic mass is 10.0.